The Hall–Kier alpha value is -2.17. The number of aliphatic carboxylic acids is 1. The lowest BCUT2D eigenvalue weighted by Crippen LogP contribution is -2.05. The number of allylic oxidation sites excluding steroid dienone is 9. The zero-order valence-electron chi connectivity index (χ0n) is 15.6. The van der Waals surface area contributed by atoms with Gasteiger partial charge in [0, 0.05) is 6.42 Å². The summed E-state index contributed by atoms with van der Waals surface area (Å²) in [4.78, 5) is 10.4. The standard InChI is InChI=1S/C22H32O4/c1-2-3-12-15-20(23)16-13-10-8-6-4-5-7-9-11-14-17-21(24)18-19-22(25)26/h3-5,8-14,16-17,20-21,23-24H,2,6-7,15,18-19H2,1H3,(H,25,26)/b5-4-,10-8-,11-9-,12-3-,16-13+,17-14+/t20-,21+/m1/s1. The molecule has 2 atom stereocenters. The third-order valence-electron chi connectivity index (χ3n) is 3.31. The van der Waals surface area contributed by atoms with Gasteiger partial charge >= 0.3 is 5.97 Å². The SMILES string of the molecule is CC/C=C\C[C@@H](O)/C=C/C=C\C/C=C\C/C=C\C=C\[C@H](O)CCC(=O)O. The monoisotopic (exact) mass is 360 g/mol. The molecule has 0 aromatic heterocycles. The fourth-order valence-corrected chi connectivity index (χ4v) is 1.90. The average Bonchev–Trinajstić information content (AvgIpc) is 2.61. The van der Waals surface area contributed by atoms with Crippen molar-refractivity contribution in [2.75, 3.05) is 0 Å². The van der Waals surface area contributed by atoms with Gasteiger partial charge in [0.15, 0.2) is 0 Å². The highest BCUT2D eigenvalue weighted by Gasteiger charge is 2.02. The molecule has 0 saturated heterocycles. The Bertz CT molecular complexity index is 524. The predicted molar refractivity (Wildman–Crippen MR) is 108 cm³/mol. The second kappa shape index (κ2) is 17.6. The molecule has 0 aromatic carbocycles. The lowest BCUT2D eigenvalue weighted by atomic mass is 10.2. The molecule has 0 fully saturated rings. The molecule has 0 spiro atoms. The van der Waals surface area contributed by atoms with E-state index in [4.69, 9.17) is 5.11 Å². The summed E-state index contributed by atoms with van der Waals surface area (Å²) >= 11 is 0. The first-order chi connectivity index (χ1) is 12.6. The summed E-state index contributed by atoms with van der Waals surface area (Å²) < 4.78 is 0. The van der Waals surface area contributed by atoms with Crippen molar-refractivity contribution >= 4 is 5.97 Å². The van der Waals surface area contributed by atoms with E-state index in [0.29, 0.717) is 6.42 Å². The molecule has 144 valence electrons. The van der Waals surface area contributed by atoms with E-state index in [-0.39, 0.29) is 12.8 Å². The minimum Gasteiger partial charge on any atom is -0.481 e. The zero-order valence-corrected chi connectivity index (χ0v) is 15.6. The molecule has 4 nitrogen and oxygen atoms in total. The highest BCUT2D eigenvalue weighted by molar-refractivity contribution is 5.66. The second-order valence-corrected chi connectivity index (χ2v) is 5.75. The van der Waals surface area contributed by atoms with Gasteiger partial charge in [-0.25, -0.2) is 0 Å². The van der Waals surface area contributed by atoms with Crippen LogP contribution in [-0.2, 0) is 4.79 Å². The van der Waals surface area contributed by atoms with Crippen LogP contribution in [0.15, 0.2) is 72.9 Å². The average molecular weight is 360 g/mol. The van der Waals surface area contributed by atoms with Crippen LogP contribution < -0.4 is 0 Å². The molecule has 0 aliphatic rings. The van der Waals surface area contributed by atoms with Gasteiger partial charge < -0.3 is 15.3 Å². The fourth-order valence-electron chi connectivity index (χ4n) is 1.90. The third kappa shape index (κ3) is 18.2. The molecule has 0 amide bonds. The molecule has 0 radical (unpaired) electrons. The van der Waals surface area contributed by atoms with E-state index in [2.05, 4.69) is 13.0 Å². The van der Waals surface area contributed by atoms with E-state index in [0.717, 1.165) is 19.3 Å². The summed E-state index contributed by atoms with van der Waals surface area (Å²) in [5.74, 6) is -0.900. The van der Waals surface area contributed by atoms with E-state index in [9.17, 15) is 15.0 Å². The second-order valence-electron chi connectivity index (χ2n) is 5.75. The predicted octanol–water partition coefficient (Wildman–Crippen LogP) is 4.49. The van der Waals surface area contributed by atoms with Crippen LogP contribution in [0.3, 0.4) is 0 Å². The number of carboxylic acids is 1. The molecular formula is C22H32O4. The first kappa shape index (κ1) is 23.8. The van der Waals surface area contributed by atoms with Crippen molar-refractivity contribution in [3.8, 4) is 0 Å². The maximum atomic E-state index is 10.4. The van der Waals surface area contributed by atoms with Crippen molar-refractivity contribution in [2.24, 2.45) is 0 Å². The van der Waals surface area contributed by atoms with E-state index in [1.807, 2.05) is 48.6 Å². The molecule has 0 unspecified atom stereocenters. The van der Waals surface area contributed by atoms with Crippen molar-refractivity contribution in [2.45, 2.75) is 57.7 Å². The number of rotatable bonds is 14. The van der Waals surface area contributed by atoms with Crippen molar-refractivity contribution in [3.63, 3.8) is 0 Å². The van der Waals surface area contributed by atoms with Crippen LogP contribution in [0.2, 0.25) is 0 Å². The lowest BCUT2D eigenvalue weighted by molar-refractivity contribution is -0.137. The van der Waals surface area contributed by atoms with Crippen molar-refractivity contribution in [1.82, 2.24) is 0 Å². The Morgan fingerprint density at radius 2 is 1.38 bits per heavy atom. The molecule has 0 aliphatic heterocycles. The van der Waals surface area contributed by atoms with Gasteiger partial charge in [-0.1, -0.05) is 79.8 Å². The largest absolute Gasteiger partial charge is 0.481 e. The molecule has 4 heteroatoms. The van der Waals surface area contributed by atoms with Crippen LogP contribution >= 0.6 is 0 Å². The summed E-state index contributed by atoms with van der Waals surface area (Å²) in [7, 11) is 0. The summed E-state index contributed by atoms with van der Waals surface area (Å²) in [5.41, 5.74) is 0. The number of hydrogen-bond donors (Lipinski definition) is 3. The molecule has 0 aromatic rings. The summed E-state index contributed by atoms with van der Waals surface area (Å²) in [5, 5.41) is 27.7. The quantitative estimate of drug-likeness (QED) is 0.315. The van der Waals surface area contributed by atoms with Crippen molar-refractivity contribution < 1.29 is 20.1 Å². The molecule has 0 saturated carbocycles. The van der Waals surface area contributed by atoms with Gasteiger partial charge in [-0.15, -0.1) is 0 Å². The van der Waals surface area contributed by atoms with Gasteiger partial charge in [-0.05, 0) is 32.1 Å². The Kier molecular flexibility index (Phi) is 16.2. The number of aliphatic hydroxyl groups is 2. The zero-order chi connectivity index (χ0) is 19.5. The van der Waals surface area contributed by atoms with Crippen LogP contribution in [0.5, 0.6) is 0 Å². The van der Waals surface area contributed by atoms with Gasteiger partial charge in [-0.2, -0.15) is 0 Å². The van der Waals surface area contributed by atoms with Crippen LogP contribution in [0.1, 0.15) is 45.4 Å². The maximum Gasteiger partial charge on any atom is 0.303 e. The van der Waals surface area contributed by atoms with Crippen molar-refractivity contribution in [3.05, 3.63) is 72.9 Å². The molecule has 26 heavy (non-hydrogen) atoms. The smallest absolute Gasteiger partial charge is 0.303 e. The maximum absolute atomic E-state index is 10.4. The number of hydrogen-bond acceptors (Lipinski definition) is 3. The molecule has 0 heterocycles. The van der Waals surface area contributed by atoms with Crippen LogP contribution in [0.4, 0.5) is 0 Å². The van der Waals surface area contributed by atoms with Gasteiger partial charge in [0.2, 0.25) is 0 Å². The van der Waals surface area contributed by atoms with Gasteiger partial charge in [0.1, 0.15) is 0 Å². The Morgan fingerprint density at radius 1 is 0.808 bits per heavy atom. The Balaban J connectivity index is 3.80. The van der Waals surface area contributed by atoms with E-state index in [1.165, 1.54) is 0 Å². The summed E-state index contributed by atoms with van der Waals surface area (Å²) in [6.45, 7) is 2.07. The van der Waals surface area contributed by atoms with Gasteiger partial charge in [0.25, 0.3) is 0 Å². The number of aliphatic hydroxyl groups excluding tert-OH is 2. The van der Waals surface area contributed by atoms with E-state index >= 15 is 0 Å². The van der Waals surface area contributed by atoms with Crippen molar-refractivity contribution in [1.29, 1.82) is 0 Å². The Labute approximate surface area is 157 Å². The minimum atomic E-state index is -0.900. The molecular weight excluding hydrogens is 328 g/mol. The van der Waals surface area contributed by atoms with Gasteiger partial charge in [-0.3, -0.25) is 4.79 Å². The highest BCUT2D eigenvalue weighted by Crippen LogP contribution is 2.00. The van der Waals surface area contributed by atoms with Gasteiger partial charge in [0.05, 0.1) is 12.2 Å². The molecule has 0 rings (SSSR count). The normalized spacial score (nSPS) is 15.5. The minimum absolute atomic E-state index is 0.0322. The fraction of sp³-hybridized carbons (Fsp3) is 0.409. The van der Waals surface area contributed by atoms with Crippen LogP contribution in [0, 0.1) is 0 Å². The first-order valence-electron chi connectivity index (χ1n) is 9.10. The number of carboxylic acid groups (broad SMARTS) is 1. The van der Waals surface area contributed by atoms with Crippen LogP contribution in [-0.4, -0.2) is 33.5 Å². The lowest BCUT2D eigenvalue weighted by Gasteiger charge is -2.00. The van der Waals surface area contributed by atoms with E-state index in [1.54, 1.807) is 18.2 Å². The van der Waals surface area contributed by atoms with Crippen LogP contribution in [0.25, 0.3) is 0 Å². The Morgan fingerprint density at radius 3 is 1.92 bits per heavy atom. The third-order valence-corrected chi connectivity index (χ3v) is 3.31. The summed E-state index contributed by atoms with van der Waals surface area (Å²) in [6, 6.07) is 0. The van der Waals surface area contributed by atoms with E-state index < -0.39 is 18.2 Å². The highest BCUT2D eigenvalue weighted by atomic mass is 16.4. The molecule has 3 N–H and O–H groups in total. The number of carbonyl (C=O) groups is 1. The topological polar surface area (TPSA) is 77.8 Å². The first-order valence-corrected chi connectivity index (χ1v) is 9.10. The molecule has 0 aliphatic carbocycles. The molecule has 0 bridgehead atoms. The summed E-state index contributed by atoms with van der Waals surface area (Å²) in [6.07, 6.45) is 25.1.